The maximum atomic E-state index is 12.0. The predicted molar refractivity (Wildman–Crippen MR) is 95.4 cm³/mol. The first kappa shape index (κ1) is 18.7. The summed E-state index contributed by atoms with van der Waals surface area (Å²) in [4.78, 5) is 25.6. The highest BCUT2D eigenvalue weighted by Gasteiger charge is 2.22. The fourth-order valence-electron chi connectivity index (χ4n) is 3.10. The van der Waals surface area contributed by atoms with E-state index in [4.69, 9.17) is 11.6 Å². The molecule has 0 saturated carbocycles. The zero-order chi connectivity index (χ0) is 17.4. The molecule has 24 heavy (non-hydrogen) atoms. The Balaban J connectivity index is 1.65. The largest absolute Gasteiger partial charge is 0.353 e. The maximum absolute atomic E-state index is 12.0. The van der Waals surface area contributed by atoms with E-state index in [1.54, 1.807) is 29.2 Å². The van der Waals surface area contributed by atoms with E-state index < -0.39 is 0 Å². The number of hydrogen-bond acceptors (Lipinski definition) is 2. The molecule has 0 unspecified atom stereocenters. The molecule has 0 radical (unpaired) electrons. The number of amides is 2. The number of nitrogens with one attached hydrogen (secondary N) is 3. The van der Waals surface area contributed by atoms with Gasteiger partial charge in [0, 0.05) is 31.8 Å². The first-order valence-corrected chi connectivity index (χ1v) is 9.13. The van der Waals surface area contributed by atoms with E-state index in [0.29, 0.717) is 17.1 Å². The molecule has 3 N–H and O–H groups in total. The summed E-state index contributed by atoms with van der Waals surface area (Å²) in [5, 5.41) is 6.24. The molecule has 0 aromatic heterocycles. The average Bonchev–Trinajstić information content (AvgIpc) is 2.57. The lowest BCUT2D eigenvalue weighted by Crippen LogP contribution is -3.13. The zero-order valence-corrected chi connectivity index (χ0v) is 15.0. The third-order valence-corrected chi connectivity index (χ3v) is 4.75. The van der Waals surface area contributed by atoms with Crippen LogP contribution in [0.4, 0.5) is 0 Å². The molecule has 1 fully saturated rings. The van der Waals surface area contributed by atoms with Crippen molar-refractivity contribution in [3.8, 4) is 0 Å². The van der Waals surface area contributed by atoms with Crippen LogP contribution in [0.1, 0.15) is 43.0 Å². The van der Waals surface area contributed by atoms with Crippen LogP contribution in [0.5, 0.6) is 0 Å². The van der Waals surface area contributed by atoms with Gasteiger partial charge in [-0.25, -0.2) is 0 Å². The van der Waals surface area contributed by atoms with Gasteiger partial charge >= 0.3 is 0 Å². The lowest BCUT2D eigenvalue weighted by atomic mass is 10.0. The summed E-state index contributed by atoms with van der Waals surface area (Å²) in [6, 6.07) is 7.16. The Labute approximate surface area is 148 Å². The van der Waals surface area contributed by atoms with Crippen LogP contribution < -0.4 is 15.5 Å². The second-order valence-electron chi connectivity index (χ2n) is 6.33. The Kier molecular flexibility index (Phi) is 7.53. The van der Waals surface area contributed by atoms with Crippen molar-refractivity contribution in [1.29, 1.82) is 0 Å². The summed E-state index contributed by atoms with van der Waals surface area (Å²) in [6.45, 7) is 5.99. The van der Waals surface area contributed by atoms with E-state index in [9.17, 15) is 9.59 Å². The molecule has 1 heterocycles. The van der Waals surface area contributed by atoms with Crippen molar-refractivity contribution in [2.45, 2.75) is 38.6 Å². The van der Waals surface area contributed by atoms with Crippen LogP contribution >= 0.6 is 11.6 Å². The monoisotopic (exact) mass is 352 g/mol. The molecule has 5 nitrogen and oxygen atoms in total. The quantitative estimate of drug-likeness (QED) is 0.686. The summed E-state index contributed by atoms with van der Waals surface area (Å²) in [6.07, 6.45) is 3.57. The van der Waals surface area contributed by atoms with E-state index in [0.717, 1.165) is 25.9 Å². The number of piperidine rings is 1. The molecular formula is C18H27ClN3O2+. The zero-order valence-electron chi connectivity index (χ0n) is 14.2. The Morgan fingerprint density at radius 2 is 1.96 bits per heavy atom. The SMILES string of the molecule is CCC[NH+]1CCC(NC(=O)CCNC(=O)c2ccccc2Cl)CC1. The molecule has 1 aliphatic heterocycles. The lowest BCUT2D eigenvalue weighted by Gasteiger charge is -2.29. The van der Waals surface area contributed by atoms with Crippen LogP contribution in [-0.4, -0.2) is 44.0 Å². The summed E-state index contributed by atoms with van der Waals surface area (Å²) < 4.78 is 0. The number of quaternary nitrogens is 1. The highest BCUT2D eigenvalue weighted by Crippen LogP contribution is 2.14. The van der Waals surface area contributed by atoms with Gasteiger partial charge in [0.1, 0.15) is 0 Å². The Morgan fingerprint density at radius 3 is 2.62 bits per heavy atom. The van der Waals surface area contributed by atoms with E-state index in [2.05, 4.69) is 17.6 Å². The number of carbonyl (C=O) groups excluding carboxylic acids is 2. The standard InChI is InChI=1S/C18H26ClN3O2/c1-2-11-22-12-8-14(9-13-22)21-17(23)7-10-20-18(24)15-5-3-4-6-16(15)19/h3-6,14H,2,7-13H2,1H3,(H,20,24)(H,21,23)/p+1. The average molecular weight is 353 g/mol. The van der Waals surface area contributed by atoms with Crippen molar-refractivity contribution in [1.82, 2.24) is 10.6 Å². The number of carbonyl (C=O) groups is 2. The van der Waals surface area contributed by atoms with Gasteiger partial charge in [0.15, 0.2) is 0 Å². The van der Waals surface area contributed by atoms with E-state index in [1.165, 1.54) is 13.0 Å². The van der Waals surface area contributed by atoms with Crippen LogP contribution in [-0.2, 0) is 4.79 Å². The fourth-order valence-corrected chi connectivity index (χ4v) is 3.33. The van der Waals surface area contributed by atoms with Gasteiger partial charge in [-0.2, -0.15) is 0 Å². The molecule has 0 spiro atoms. The van der Waals surface area contributed by atoms with Crippen molar-refractivity contribution in [2.75, 3.05) is 26.2 Å². The van der Waals surface area contributed by atoms with Crippen molar-refractivity contribution in [3.05, 3.63) is 34.9 Å². The third-order valence-electron chi connectivity index (χ3n) is 4.42. The molecule has 0 bridgehead atoms. The molecule has 1 aromatic rings. The van der Waals surface area contributed by atoms with Crippen molar-refractivity contribution in [3.63, 3.8) is 0 Å². The maximum Gasteiger partial charge on any atom is 0.252 e. The Bertz CT molecular complexity index is 557. The summed E-state index contributed by atoms with van der Waals surface area (Å²) in [5.41, 5.74) is 0.436. The molecule has 1 aliphatic rings. The number of halogens is 1. The Morgan fingerprint density at radius 1 is 1.25 bits per heavy atom. The van der Waals surface area contributed by atoms with Crippen LogP contribution in [0.3, 0.4) is 0 Å². The fraction of sp³-hybridized carbons (Fsp3) is 0.556. The minimum atomic E-state index is -0.245. The van der Waals surface area contributed by atoms with E-state index >= 15 is 0 Å². The van der Waals surface area contributed by atoms with Gasteiger partial charge in [0.2, 0.25) is 5.91 Å². The number of likely N-dealkylation sites (tertiary alicyclic amines) is 1. The molecular weight excluding hydrogens is 326 g/mol. The third kappa shape index (κ3) is 5.80. The molecule has 1 aromatic carbocycles. The second-order valence-corrected chi connectivity index (χ2v) is 6.73. The van der Waals surface area contributed by atoms with Gasteiger partial charge < -0.3 is 15.5 Å². The molecule has 1 saturated heterocycles. The number of benzene rings is 1. The topological polar surface area (TPSA) is 62.6 Å². The van der Waals surface area contributed by atoms with Gasteiger partial charge in [-0.3, -0.25) is 9.59 Å². The minimum absolute atomic E-state index is 0.00148. The van der Waals surface area contributed by atoms with Crippen LogP contribution in [0.15, 0.2) is 24.3 Å². The van der Waals surface area contributed by atoms with Crippen LogP contribution in [0.2, 0.25) is 5.02 Å². The van der Waals surface area contributed by atoms with Crippen molar-refractivity contribution >= 4 is 23.4 Å². The number of hydrogen-bond donors (Lipinski definition) is 3. The minimum Gasteiger partial charge on any atom is -0.353 e. The summed E-state index contributed by atoms with van der Waals surface area (Å²) >= 11 is 5.98. The molecule has 6 heteroatoms. The highest BCUT2D eigenvalue weighted by atomic mass is 35.5. The lowest BCUT2D eigenvalue weighted by molar-refractivity contribution is -0.905. The normalized spacial score (nSPS) is 20.4. The van der Waals surface area contributed by atoms with E-state index in [1.807, 2.05) is 0 Å². The molecule has 2 rings (SSSR count). The predicted octanol–water partition coefficient (Wildman–Crippen LogP) is 1.03. The van der Waals surface area contributed by atoms with E-state index in [-0.39, 0.29) is 24.3 Å². The first-order chi connectivity index (χ1) is 11.6. The van der Waals surface area contributed by atoms with Gasteiger partial charge in [0.05, 0.1) is 30.2 Å². The van der Waals surface area contributed by atoms with Crippen molar-refractivity contribution in [2.24, 2.45) is 0 Å². The Hall–Kier alpha value is -1.59. The summed E-state index contributed by atoms with van der Waals surface area (Å²) in [7, 11) is 0. The van der Waals surface area contributed by atoms with Gasteiger partial charge in [-0.05, 0) is 18.6 Å². The smallest absolute Gasteiger partial charge is 0.252 e. The number of rotatable bonds is 7. The molecule has 0 aliphatic carbocycles. The first-order valence-electron chi connectivity index (χ1n) is 8.75. The van der Waals surface area contributed by atoms with Gasteiger partial charge in [-0.1, -0.05) is 30.7 Å². The second kappa shape index (κ2) is 9.64. The van der Waals surface area contributed by atoms with Crippen LogP contribution in [0, 0.1) is 0 Å². The highest BCUT2D eigenvalue weighted by molar-refractivity contribution is 6.33. The summed E-state index contributed by atoms with van der Waals surface area (Å²) in [5.74, 6) is -0.247. The molecule has 2 amide bonds. The van der Waals surface area contributed by atoms with Gasteiger partial charge in [0.25, 0.3) is 5.91 Å². The van der Waals surface area contributed by atoms with Crippen molar-refractivity contribution < 1.29 is 14.5 Å². The van der Waals surface area contributed by atoms with Crippen LogP contribution in [0.25, 0.3) is 0 Å². The molecule has 132 valence electrons. The molecule has 0 atom stereocenters. The van der Waals surface area contributed by atoms with Gasteiger partial charge in [-0.15, -0.1) is 0 Å².